The summed E-state index contributed by atoms with van der Waals surface area (Å²) in [5.41, 5.74) is 3.28. The van der Waals surface area contributed by atoms with E-state index in [-0.39, 0.29) is 24.0 Å². The Labute approximate surface area is 194 Å². The molecule has 8 heteroatoms. The zero-order valence-electron chi connectivity index (χ0n) is 17.4. The van der Waals surface area contributed by atoms with Gasteiger partial charge in [-0.1, -0.05) is 31.2 Å². The van der Waals surface area contributed by atoms with Crippen LogP contribution in [0.25, 0.3) is 11.3 Å². The molecule has 30 heavy (non-hydrogen) atoms. The van der Waals surface area contributed by atoms with E-state index in [2.05, 4.69) is 61.9 Å². The minimum Gasteiger partial charge on any atom is -0.352 e. The summed E-state index contributed by atoms with van der Waals surface area (Å²) in [6, 6.07) is 14.7. The highest BCUT2D eigenvalue weighted by Gasteiger charge is 2.22. The van der Waals surface area contributed by atoms with Crippen molar-refractivity contribution in [2.45, 2.75) is 45.3 Å². The van der Waals surface area contributed by atoms with Gasteiger partial charge in [0, 0.05) is 44.2 Å². The standard InChI is InChI=1S/C22H27N7.HI/c1-3-20-27-21-11-10-18(15-29(21)28-20)26-22(23-2)25-14-16-7-6-8-17(13-16)19-9-4-5-12-24-19;/h4-9,12-13,18H,3,10-11,14-15H2,1-2H3,(H2,23,25,26);1H. The van der Waals surface area contributed by atoms with Crippen molar-refractivity contribution in [3.05, 3.63) is 65.9 Å². The quantitative estimate of drug-likeness (QED) is 0.309. The fourth-order valence-corrected chi connectivity index (χ4v) is 3.58. The third-order valence-electron chi connectivity index (χ3n) is 5.13. The lowest BCUT2D eigenvalue weighted by atomic mass is 10.1. The zero-order valence-corrected chi connectivity index (χ0v) is 19.7. The summed E-state index contributed by atoms with van der Waals surface area (Å²) in [6.07, 6.45) is 4.66. The molecule has 1 aliphatic rings. The maximum atomic E-state index is 4.59. The Morgan fingerprint density at radius 2 is 2.13 bits per heavy atom. The number of hydrogen-bond acceptors (Lipinski definition) is 4. The maximum Gasteiger partial charge on any atom is 0.191 e. The first-order valence-electron chi connectivity index (χ1n) is 10.1. The average Bonchev–Trinajstić information content (AvgIpc) is 3.20. The highest BCUT2D eigenvalue weighted by molar-refractivity contribution is 14.0. The van der Waals surface area contributed by atoms with E-state index < -0.39 is 0 Å². The third-order valence-corrected chi connectivity index (χ3v) is 5.13. The molecule has 0 amide bonds. The van der Waals surface area contributed by atoms with Crippen molar-refractivity contribution in [2.24, 2.45) is 4.99 Å². The van der Waals surface area contributed by atoms with Crippen LogP contribution in [0, 0.1) is 0 Å². The Kier molecular flexibility index (Phi) is 7.78. The molecule has 0 radical (unpaired) electrons. The number of halogens is 1. The zero-order chi connectivity index (χ0) is 20.1. The van der Waals surface area contributed by atoms with Gasteiger partial charge in [-0.15, -0.1) is 24.0 Å². The van der Waals surface area contributed by atoms with Crippen LogP contribution in [-0.2, 0) is 25.9 Å². The molecule has 0 fully saturated rings. The number of rotatable bonds is 5. The number of benzene rings is 1. The van der Waals surface area contributed by atoms with Gasteiger partial charge in [0.25, 0.3) is 0 Å². The maximum absolute atomic E-state index is 4.59. The van der Waals surface area contributed by atoms with Gasteiger partial charge in [0.2, 0.25) is 0 Å². The second kappa shape index (κ2) is 10.5. The molecule has 158 valence electrons. The largest absolute Gasteiger partial charge is 0.352 e. The lowest BCUT2D eigenvalue weighted by molar-refractivity contribution is 0.392. The van der Waals surface area contributed by atoms with Crippen molar-refractivity contribution in [3.8, 4) is 11.3 Å². The van der Waals surface area contributed by atoms with Crippen molar-refractivity contribution in [3.63, 3.8) is 0 Å². The number of fused-ring (bicyclic) bond motifs is 1. The summed E-state index contributed by atoms with van der Waals surface area (Å²) in [7, 11) is 1.80. The van der Waals surface area contributed by atoms with Crippen molar-refractivity contribution < 1.29 is 0 Å². The summed E-state index contributed by atoms with van der Waals surface area (Å²) >= 11 is 0. The molecule has 7 nitrogen and oxygen atoms in total. The number of guanidine groups is 1. The third kappa shape index (κ3) is 5.35. The predicted octanol–water partition coefficient (Wildman–Crippen LogP) is 3.20. The van der Waals surface area contributed by atoms with E-state index in [1.165, 1.54) is 5.56 Å². The number of aliphatic imine (C=N–C) groups is 1. The first kappa shape index (κ1) is 22.2. The Balaban J connectivity index is 0.00000256. The molecular formula is C22H28IN7. The van der Waals surface area contributed by atoms with Crippen molar-refractivity contribution in [2.75, 3.05) is 7.05 Å². The number of hydrogen-bond donors (Lipinski definition) is 2. The minimum absolute atomic E-state index is 0. The molecule has 2 aromatic heterocycles. The molecule has 2 N–H and O–H groups in total. The molecular weight excluding hydrogens is 489 g/mol. The number of nitrogens with one attached hydrogen (secondary N) is 2. The van der Waals surface area contributed by atoms with Gasteiger partial charge in [0.15, 0.2) is 11.8 Å². The Hall–Kier alpha value is -2.49. The molecule has 0 aliphatic carbocycles. The normalized spacial score (nSPS) is 15.8. The van der Waals surface area contributed by atoms with Crippen LogP contribution in [0.3, 0.4) is 0 Å². The smallest absolute Gasteiger partial charge is 0.191 e. The van der Waals surface area contributed by atoms with Crippen LogP contribution in [0.1, 0.15) is 30.6 Å². The van der Waals surface area contributed by atoms with Crippen LogP contribution in [0.15, 0.2) is 53.7 Å². The summed E-state index contributed by atoms with van der Waals surface area (Å²) < 4.78 is 2.03. The second-order valence-corrected chi connectivity index (χ2v) is 7.20. The van der Waals surface area contributed by atoms with Gasteiger partial charge in [-0.05, 0) is 30.2 Å². The Morgan fingerprint density at radius 1 is 1.23 bits per heavy atom. The van der Waals surface area contributed by atoms with Gasteiger partial charge in [-0.3, -0.25) is 9.98 Å². The van der Waals surface area contributed by atoms with Gasteiger partial charge in [-0.2, -0.15) is 5.10 Å². The van der Waals surface area contributed by atoms with E-state index in [4.69, 9.17) is 0 Å². The molecule has 1 aliphatic heterocycles. The van der Waals surface area contributed by atoms with E-state index in [0.29, 0.717) is 12.6 Å². The second-order valence-electron chi connectivity index (χ2n) is 7.20. The number of aryl methyl sites for hydroxylation is 2. The highest BCUT2D eigenvalue weighted by atomic mass is 127. The van der Waals surface area contributed by atoms with Gasteiger partial charge in [0.1, 0.15) is 5.82 Å². The van der Waals surface area contributed by atoms with Gasteiger partial charge >= 0.3 is 0 Å². The van der Waals surface area contributed by atoms with Crippen LogP contribution >= 0.6 is 24.0 Å². The first-order valence-corrected chi connectivity index (χ1v) is 10.1. The SMILES string of the molecule is CCc1nc2n(n1)CC(NC(=NC)NCc1cccc(-c3ccccn3)c1)CC2.I. The monoisotopic (exact) mass is 517 g/mol. The molecule has 0 bridgehead atoms. The van der Waals surface area contributed by atoms with Crippen LogP contribution in [0.5, 0.6) is 0 Å². The van der Waals surface area contributed by atoms with Crippen molar-refractivity contribution in [1.82, 2.24) is 30.4 Å². The van der Waals surface area contributed by atoms with E-state index in [0.717, 1.165) is 54.7 Å². The average molecular weight is 517 g/mol. The molecule has 3 aromatic rings. The van der Waals surface area contributed by atoms with Gasteiger partial charge in [0.05, 0.1) is 12.2 Å². The van der Waals surface area contributed by atoms with Crippen LogP contribution in [0.4, 0.5) is 0 Å². The first-order chi connectivity index (χ1) is 14.2. The number of pyridine rings is 1. The summed E-state index contributed by atoms with van der Waals surface area (Å²) in [4.78, 5) is 13.4. The topological polar surface area (TPSA) is 80.0 Å². The van der Waals surface area contributed by atoms with Crippen molar-refractivity contribution >= 4 is 29.9 Å². The Morgan fingerprint density at radius 3 is 2.90 bits per heavy atom. The van der Waals surface area contributed by atoms with E-state index in [1.807, 2.05) is 29.1 Å². The van der Waals surface area contributed by atoms with Crippen molar-refractivity contribution in [1.29, 1.82) is 0 Å². The van der Waals surface area contributed by atoms with E-state index >= 15 is 0 Å². The lowest BCUT2D eigenvalue weighted by Gasteiger charge is -2.25. The number of nitrogens with zero attached hydrogens (tertiary/aromatic N) is 5. The van der Waals surface area contributed by atoms with E-state index in [1.54, 1.807) is 7.05 Å². The summed E-state index contributed by atoms with van der Waals surface area (Å²) in [5.74, 6) is 2.82. The molecule has 4 rings (SSSR count). The molecule has 0 saturated carbocycles. The lowest BCUT2D eigenvalue weighted by Crippen LogP contribution is -2.46. The number of aromatic nitrogens is 4. The highest BCUT2D eigenvalue weighted by Crippen LogP contribution is 2.18. The molecule has 0 saturated heterocycles. The molecule has 1 unspecified atom stereocenters. The molecule has 3 heterocycles. The summed E-state index contributed by atoms with van der Waals surface area (Å²) in [6.45, 7) is 3.60. The van der Waals surface area contributed by atoms with Crippen LogP contribution in [-0.4, -0.2) is 38.8 Å². The Bertz CT molecular complexity index is 984. The van der Waals surface area contributed by atoms with Gasteiger partial charge in [-0.25, -0.2) is 9.67 Å². The van der Waals surface area contributed by atoms with E-state index in [9.17, 15) is 0 Å². The van der Waals surface area contributed by atoms with Crippen LogP contribution < -0.4 is 10.6 Å². The van der Waals surface area contributed by atoms with Gasteiger partial charge < -0.3 is 10.6 Å². The fraction of sp³-hybridized carbons (Fsp3) is 0.364. The molecule has 1 aromatic carbocycles. The summed E-state index contributed by atoms with van der Waals surface area (Å²) in [5, 5.41) is 11.5. The van der Waals surface area contributed by atoms with Crippen LogP contribution in [0.2, 0.25) is 0 Å². The fourth-order valence-electron chi connectivity index (χ4n) is 3.58. The minimum atomic E-state index is 0. The molecule has 0 spiro atoms. The predicted molar refractivity (Wildman–Crippen MR) is 130 cm³/mol. The molecule has 1 atom stereocenters.